The monoisotopic (exact) mass is 477 g/mol. The van der Waals surface area contributed by atoms with Gasteiger partial charge in [0.25, 0.3) is 0 Å². The van der Waals surface area contributed by atoms with E-state index in [0.29, 0.717) is 13.0 Å². The number of hydrogen-bond acceptors (Lipinski definition) is 4. The molecular weight excluding hydrogens is 445 g/mol. The molecule has 0 radical (unpaired) electrons. The third-order valence-electron chi connectivity index (χ3n) is 5.14. The Kier molecular flexibility index (Phi) is 9.40. The molecule has 1 atom stereocenters. The van der Waals surface area contributed by atoms with Gasteiger partial charge in [0, 0.05) is 13.1 Å². The SMILES string of the molecule is CC(C)CNC(=O)[C@@H](C)N(CCc1ccccc1)C(=O)CN(c1ccccc1F)S(C)(=O)=O. The molecule has 2 rings (SSSR count). The summed E-state index contributed by atoms with van der Waals surface area (Å²) in [6, 6.07) is 14.0. The van der Waals surface area contributed by atoms with Crippen molar-refractivity contribution in [2.75, 3.05) is 30.2 Å². The number of carbonyl (C=O) groups excluding carboxylic acids is 2. The van der Waals surface area contributed by atoms with Gasteiger partial charge in [0.15, 0.2) is 0 Å². The molecule has 0 aliphatic heterocycles. The van der Waals surface area contributed by atoms with E-state index < -0.39 is 34.3 Å². The highest BCUT2D eigenvalue weighted by atomic mass is 32.2. The van der Waals surface area contributed by atoms with Crippen LogP contribution in [-0.2, 0) is 26.0 Å². The van der Waals surface area contributed by atoms with E-state index in [-0.39, 0.29) is 24.1 Å². The van der Waals surface area contributed by atoms with E-state index in [2.05, 4.69) is 5.32 Å². The molecule has 0 fully saturated rings. The van der Waals surface area contributed by atoms with Crippen LogP contribution in [0.5, 0.6) is 0 Å². The van der Waals surface area contributed by atoms with Crippen molar-refractivity contribution < 1.29 is 22.4 Å². The summed E-state index contributed by atoms with van der Waals surface area (Å²) in [5, 5.41) is 2.82. The number of hydrogen-bond donors (Lipinski definition) is 1. The van der Waals surface area contributed by atoms with Crippen LogP contribution in [-0.4, -0.2) is 57.1 Å². The molecule has 7 nitrogen and oxygen atoms in total. The van der Waals surface area contributed by atoms with E-state index in [1.54, 1.807) is 6.92 Å². The van der Waals surface area contributed by atoms with E-state index in [1.807, 2.05) is 44.2 Å². The average Bonchev–Trinajstić information content (AvgIpc) is 2.76. The van der Waals surface area contributed by atoms with E-state index in [9.17, 15) is 22.4 Å². The minimum atomic E-state index is -3.96. The molecule has 0 saturated heterocycles. The Labute approximate surface area is 195 Å². The normalized spacial score (nSPS) is 12.3. The molecule has 180 valence electrons. The second-order valence-electron chi connectivity index (χ2n) is 8.36. The van der Waals surface area contributed by atoms with Gasteiger partial charge >= 0.3 is 0 Å². The number of anilines is 1. The van der Waals surface area contributed by atoms with Gasteiger partial charge in [-0.1, -0.05) is 56.3 Å². The average molecular weight is 478 g/mol. The summed E-state index contributed by atoms with van der Waals surface area (Å²) in [6.07, 6.45) is 1.40. The Bertz CT molecular complexity index is 1040. The van der Waals surface area contributed by atoms with Crippen molar-refractivity contribution in [3.63, 3.8) is 0 Å². The number of benzene rings is 2. The lowest BCUT2D eigenvalue weighted by Crippen LogP contribution is -2.52. The largest absolute Gasteiger partial charge is 0.354 e. The van der Waals surface area contributed by atoms with Gasteiger partial charge in [-0.3, -0.25) is 13.9 Å². The van der Waals surface area contributed by atoms with Gasteiger partial charge in [-0.05, 0) is 37.0 Å². The Hall–Kier alpha value is -2.94. The molecule has 2 amide bonds. The molecule has 0 unspecified atom stereocenters. The Morgan fingerprint density at radius 1 is 1.00 bits per heavy atom. The fraction of sp³-hybridized carbons (Fsp3) is 0.417. The second kappa shape index (κ2) is 11.8. The molecule has 0 bridgehead atoms. The van der Waals surface area contributed by atoms with Gasteiger partial charge < -0.3 is 10.2 Å². The molecule has 9 heteroatoms. The zero-order valence-electron chi connectivity index (χ0n) is 19.5. The molecule has 0 aliphatic carbocycles. The maximum Gasteiger partial charge on any atom is 0.244 e. The van der Waals surface area contributed by atoms with E-state index in [4.69, 9.17) is 0 Å². The zero-order valence-corrected chi connectivity index (χ0v) is 20.3. The van der Waals surface area contributed by atoms with E-state index in [1.165, 1.54) is 23.1 Å². The topological polar surface area (TPSA) is 86.8 Å². The Balaban J connectivity index is 2.29. The van der Waals surface area contributed by atoms with Crippen molar-refractivity contribution in [3.05, 3.63) is 66.0 Å². The maximum absolute atomic E-state index is 14.4. The van der Waals surface area contributed by atoms with Gasteiger partial charge in [0.1, 0.15) is 18.4 Å². The third-order valence-corrected chi connectivity index (χ3v) is 6.26. The summed E-state index contributed by atoms with van der Waals surface area (Å²) in [5.41, 5.74) is 0.757. The molecule has 0 heterocycles. The van der Waals surface area contributed by atoms with Crippen molar-refractivity contribution >= 4 is 27.5 Å². The van der Waals surface area contributed by atoms with Crippen LogP contribution in [0.2, 0.25) is 0 Å². The molecule has 0 aromatic heterocycles. The van der Waals surface area contributed by atoms with Crippen LogP contribution in [0.15, 0.2) is 54.6 Å². The van der Waals surface area contributed by atoms with Crippen molar-refractivity contribution in [1.29, 1.82) is 0 Å². The second-order valence-corrected chi connectivity index (χ2v) is 10.3. The van der Waals surface area contributed by atoms with Gasteiger partial charge in [-0.2, -0.15) is 0 Å². The third kappa shape index (κ3) is 7.85. The van der Waals surface area contributed by atoms with Gasteiger partial charge in [0.05, 0.1) is 11.9 Å². The number of nitrogens with zero attached hydrogens (tertiary/aromatic N) is 2. The van der Waals surface area contributed by atoms with Crippen LogP contribution in [0.4, 0.5) is 10.1 Å². The zero-order chi connectivity index (χ0) is 24.6. The lowest BCUT2D eigenvalue weighted by molar-refractivity contribution is -0.138. The molecule has 1 N–H and O–H groups in total. The number of amides is 2. The van der Waals surface area contributed by atoms with E-state index in [0.717, 1.165) is 22.2 Å². The fourth-order valence-corrected chi connectivity index (χ4v) is 4.12. The Morgan fingerprint density at radius 3 is 2.18 bits per heavy atom. The van der Waals surface area contributed by atoms with Gasteiger partial charge in [0.2, 0.25) is 21.8 Å². The molecular formula is C24H32FN3O4S. The number of para-hydroxylation sites is 1. The summed E-state index contributed by atoms with van der Waals surface area (Å²) < 4.78 is 39.9. The smallest absolute Gasteiger partial charge is 0.244 e. The highest BCUT2D eigenvalue weighted by molar-refractivity contribution is 7.92. The summed E-state index contributed by atoms with van der Waals surface area (Å²) in [6.45, 7) is 5.56. The van der Waals surface area contributed by atoms with Crippen molar-refractivity contribution in [1.82, 2.24) is 10.2 Å². The molecule has 0 aliphatic rings. The highest BCUT2D eigenvalue weighted by Gasteiger charge is 2.30. The quantitative estimate of drug-likeness (QED) is 0.539. The molecule has 33 heavy (non-hydrogen) atoms. The molecule has 2 aromatic rings. The molecule has 0 saturated carbocycles. The van der Waals surface area contributed by atoms with Crippen molar-refractivity contribution in [2.24, 2.45) is 5.92 Å². The summed E-state index contributed by atoms with van der Waals surface area (Å²) in [4.78, 5) is 27.4. The van der Waals surface area contributed by atoms with Crippen LogP contribution in [0.3, 0.4) is 0 Å². The van der Waals surface area contributed by atoms with Crippen molar-refractivity contribution in [2.45, 2.75) is 33.2 Å². The van der Waals surface area contributed by atoms with Gasteiger partial charge in [-0.25, -0.2) is 12.8 Å². The molecule has 2 aromatic carbocycles. The number of carbonyl (C=O) groups is 2. The van der Waals surface area contributed by atoms with Crippen LogP contribution < -0.4 is 9.62 Å². The van der Waals surface area contributed by atoms with Crippen LogP contribution >= 0.6 is 0 Å². The highest BCUT2D eigenvalue weighted by Crippen LogP contribution is 2.22. The Morgan fingerprint density at radius 2 is 1.61 bits per heavy atom. The first-order valence-electron chi connectivity index (χ1n) is 10.8. The first kappa shape index (κ1) is 26.3. The summed E-state index contributed by atoms with van der Waals surface area (Å²) in [7, 11) is -3.96. The first-order chi connectivity index (χ1) is 15.5. The van der Waals surface area contributed by atoms with Gasteiger partial charge in [-0.15, -0.1) is 0 Å². The lowest BCUT2D eigenvalue weighted by atomic mass is 10.1. The predicted molar refractivity (Wildman–Crippen MR) is 128 cm³/mol. The first-order valence-corrected chi connectivity index (χ1v) is 12.7. The van der Waals surface area contributed by atoms with Crippen molar-refractivity contribution in [3.8, 4) is 0 Å². The van der Waals surface area contributed by atoms with Crippen LogP contribution in [0.1, 0.15) is 26.3 Å². The van der Waals surface area contributed by atoms with Crippen LogP contribution in [0.25, 0.3) is 0 Å². The van der Waals surface area contributed by atoms with E-state index >= 15 is 0 Å². The predicted octanol–water partition coefficient (Wildman–Crippen LogP) is 2.82. The fourth-order valence-electron chi connectivity index (χ4n) is 3.27. The number of sulfonamides is 1. The maximum atomic E-state index is 14.4. The number of halogens is 1. The minimum absolute atomic E-state index is 0.202. The summed E-state index contributed by atoms with van der Waals surface area (Å²) in [5.74, 6) is -1.44. The lowest BCUT2D eigenvalue weighted by Gasteiger charge is -2.31. The van der Waals surface area contributed by atoms with Crippen LogP contribution in [0, 0.1) is 11.7 Å². The number of rotatable bonds is 11. The number of nitrogens with one attached hydrogen (secondary N) is 1. The minimum Gasteiger partial charge on any atom is -0.354 e. The standard InChI is InChI=1S/C24H32FN3O4S/c1-18(2)16-26-24(30)19(3)27(15-14-20-10-6-5-7-11-20)23(29)17-28(33(4,31)32)22-13-9-8-12-21(22)25/h5-13,18-19H,14-17H2,1-4H3,(H,26,30)/t19-/m1/s1. The summed E-state index contributed by atoms with van der Waals surface area (Å²) >= 11 is 0. The molecule has 0 spiro atoms.